The third-order valence-electron chi connectivity index (χ3n) is 2.79. The van der Waals surface area contributed by atoms with Crippen molar-refractivity contribution < 1.29 is 4.74 Å². The van der Waals surface area contributed by atoms with Gasteiger partial charge in [0, 0.05) is 23.4 Å². The highest BCUT2D eigenvalue weighted by Crippen LogP contribution is 2.28. The second-order valence-electron chi connectivity index (χ2n) is 4.31. The van der Waals surface area contributed by atoms with Gasteiger partial charge in [0.15, 0.2) is 0 Å². The van der Waals surface area contributed by atoms with E-state index in [4.69, 9.17) is 4.74 Å². The van der Waals surface area contributed by atoms with Crippen LogP contribution in [-0.4, -0.2) is 16.7 Å². The lowest BCUT2D eigenvalue weighted by molar-refractivity contribution is 0.445. The highest BCUT2D eigenvalue weighted by Gasteiger charge is 2.11. The van der Waals surface area contributed by atoms with E-state index in [2.05, 4.69) is 35.4 Å². The number of nitrogens with one attached hydrogen (secondary N) is 2. The van der Waals surface area contributed by atoms with E-state index in [1.807, 2.05) is 31.2 Å². The van der Waals surface area contributed by atoms with Crippen molar-refractivity contribution >= 4 is 0 Å². The summed E-state index contributed by atoms with van der Waals surface area (Å²) in [5.74, 6) is 1.45. The third-order valence-corrected chi connectivity index (χ3v) is 2.79. The molecular weight excluding hydrogens is 226 g/mol. The molecule has 0 spiro atoms. The molecule has 0 amide bonds. The van der Waals surface area contributed by atoms with Gasteiger partial charge in [0.25, 0.3) is 0 Å². The molecule has 1 heterocycles. The van der Waals surface area contributed by atoms with Gasteiger partial charge in [-0.05, 0) is 26.5 Å². The number of nitrogens with zero attached hydrogens (tertiary/aromatic N) is 1. The van der Waals surface area contributed by atoms with Gasteiger partial charge in [0.2, 0.25) is 5.88 Å². The molecule has 2 aromatic rings. The van der Waals surface area contributed by atoms with Gasteiger partial charge in [-0.2, -0.15) is 0 Å². The number of aromatic amines is 1. The number of ether oxygens (including phenoxy) is 1. The minimum Gasteiger partial charge on any atom is -0.437 e. The largest absolute Gasteiger partial charge is 0.437 e. The van der Waals surface area contributed by atoms with E-state index in [-0.39, 0.29) is 6.04 Å². The maximum Gasteiger partial charge on any atom is 0.238 e. The minimum absolute atomic E-state index is 0.256. The Morgan fingerprint density at radius 1 is 1.39 bits per heavy atom. The standard InChI is InChI=1S/C14H19N3O/c1-4-15-11(3)12-7-5-6-8-13(12)18-14-9-10(2)16-17-14/h5-9,11,15H,4H2,1-3H3,(H,16,17). The fourth-order valence-corrected chi connectivity index (χ4v) is 1.91. The Kier molecular flexibility index (Phi) is 3.99. The van der Waals surface area contributed by atoms with Crippen LogP contribution in [-0.2, 0) is 0 Å². The fourth-order valence-electron chi connectivity index (χ4n) is 1.91. The fraction of sp³-hybridized carbons (Fsp3) is 0.357. The first-order chi connectivity index (χ1) is 8.70. The number of benzene rings is 1. The van der Waals surface area contributed by atoms with Crippen LogP contribution in [0.15, 0.2) is 30.3 Å². The van der Waals surface area contributed by atoms with Crippen LogP contribution in [0.3, 0.4) is 0 Å². The second kappa shape index (κ2) is 5.69. The van der Waals surface area contributed by atoms with Crippen LogP contribution < -0.4 is 10.1 Å². The maximum absolute atomic E-state index is 5.82. The van der Waals surface area contributed by atoms with Crippen LogP contribution >= 0.6 is 0 Å². The number of H-pyrrole nitrogens is 1. The first-order valence-electron chi connectivity index (χ1n) is 6.23. The normalized spacial score (nSPS) is 12.4. The Labute approximate surface area is 107 Å². The lowest BCUT2D eigenvalue weighted by Crippen LogP contribution is -2.18. The molecule has 96 valence electrons. The Morgan fingerprint density at radius 2 is 2.17 bits per heavy atom. The van der Waals surface area contributed by atoms with Gasteiger partial charge in [-0.3, -0.25) is 5.10 Å². The van der Waals surface area contributed by atoms with Crippen LogP contribution in [0.4, 0.5) is 0 Å². The smallest absolute Gasteiger partial charge is 0.238 e. The highest BCUT2D eigenvalue weighted by molar-refractivity contribution is 5.38. The van der Waals surface area contributed by atoms with Crippen molar-refractivity contribution in [2.75, 3.05) is 6.54 Å². The summed E-state index contributed by atoms with van der Waals surface area (Å²) >= 11 is 0. The number of hydrogen-bond acceptors (Lipinski definition) is 3. The summed E-state index contributed by atoms with van der Waals surface area (Å²) in [4.78, 5) is 0. The molecule has 1 aromatic carbocycles. The lowest BCUT2D eigenvalue weighted by Gasteiger charge is -2.16. The molecule has 0 aliphatic rings. The molecule has 0 saturated heterocycles. The highest BCUT2D eigenvalue weighted by atomic mass is 16.5. The third kappa shape index (κ3) is 2.90. The van der Waals surface area contributed by atoms with Crippen molar-refractivity contribution in [1.29, 1.82) is 0 Å². The van der Waals surface area contributed by atoms with E-state index in [0.717, 1.165) is 23.6 Å². The Balaban J connectivity index is 2.22. The first-order valence-corrected chi connectivity index (χ1v) is 6.23. The molecule has 0 aliphatic carbocycles. The molecule has 1 unspecified atom stereocenters. The van der Waals surface area contributed by atoms with Crippen molar-refractivity contribution in [2.24, 2.45) is 0 Å². The van der Waals surface area contributed by atoms with Crippen molar-refractivity contribution in [1.82, 2.24) is 15.5 Å². The Morgan fingerprint density at radius 3 is 2.83 bits per heavy atom. The molecule has 2 rings (SSSR count). The van der Waals surface area contributed by atoms with Crippen LogP contribution in [0.5, 0.6) is 11.6 Å². The maximum atomic E-state index is 5.82. The van der Waals surface area contributed by atoms with Crippen LogP contribution in [0.1, 0.15) is 31.1 Å². The average Bonchev–Trinajstić information content (AvgIpc) is 2.76. The van der Waals surface area contributed by atoms with E-state index in [0.29, 0.717) is 5.88 Å². The van der Waals surface area contributed by atoms with Crippen LogP contribution in [0, 0.1) is 6.92 Å². The summed E-state index contributed by atoms with van der Waals surface area (Å²) in [5, 5.41) is 10.3. The van der Waals surface area contributed by atoms with E-state index in [1.54, 1.807) is 0 Å². The van der Waals surface area contributed by atoms with E-state index >= 15 is 0 Å². The van der Waals surface area contributed by atoms with Crippen molar-refractivity contribution in [3.63, 3.8) is 0 Å². The molecule has 2 N–H and O–H groups in total. The quantitative estimate of drug-likeness (QED) is 0.850. The number of rotatable bonds is 5. The van der Waals surface area contributed by atoms with Gasteiger partial charge in [0.05, 0.1) is 0 Å². The zero-order chi connectivity index (χ0) is 13.0. The van der Waals surface area contributed by atoms with Crippen LogP contribution in [0.25, 0.3) is 0 Å². The van der Waals surface area contributed by atoms with E-state index < -0.39 is 0 Å². The zero-order valence-corrected chi connectivity index (χ0v) is 11.0. The first kappa shape index (κ1) is 12.6. The zero-order valence-electron chi connectivity index (χ0n) is 11.0. The molecule has 0 fully saturated rings. The van der Waals surface area contributed by atoms with Gasteiger partial charge in [-0.15, -0.1) is 5.10 Å². The molecule has 1 atom stereocenters. The molecule has 1 aromatic heterocycles. The Hall–Kier alpha value is -1.81. The van der Waals surface area contributed by atoms with Crippen LogP contribution in [0.2, 0.25) is 0 Å². The molecule has 4 nitrogen and oxygen atoms in total. The summed E-state index contributed by atoms with van der Waals surface area (Å²) in [6, 6.07) is 10.2. The van der Waals surface area contributed by atoms with Crippen molar-refractivity contribution in [2.45, 2.75) is 26.8 Å². The summed E-state index contributed by atoms with van der Waals surface area (Å²) in [7, 11) is 0. The second-order valence-corrected chi connectivity index (χ2v) is 4.31. The molecule has 0 bridgehead atoms. The van der Waals surface area contributed by atoms with Gasteiger partial charge in [-0.1, -0.05) is 25.1 Å². The summed E-state index contributed by atoms with van der Waals surface area (Å²) in [6.45, 7) is 7.10. The summed E-state index contributed by atoms with van der Waals surface area (Å²) < 4.78 is 5.82. The van der Waals surface area contributed by atoms with E-state index in [9.17, 15) is 0 Å². The topological polar surface area (TPSA) is 49.9 Å². The van der Waals surface area contributed by atoms with Gasteiger partial charge in [0.1, 0.15) is 5.75 Å². The predicted octanol–water partition coefficient (Wildman–Crippen LogP) is 3.18. The molecule has 4 heteroatoms. The summed E-state index contributed by atoms with van der Waals surface area (Å²) in [5.41, 5.74) is 2.13. The molecule has 0 radical (unpaired) electrons. The number of para-hydroxylation sites is 1. The molecule has 18 heavy (non-hydrogen) atoms. The monoisotopic (exact) mass is 245 g/mol. The minimum atomic E-state index is 0.256. The van der Waals surface area contributed by atoms with Gasteiger partial charge in [-0.25, -0.2) is 0 Å². The lowest BCUT2D eigenvalue weighted by atomic mass is 10.1. The molecule has 0 aliphatic heterocycles. The average molecular weight is 245 g/mol. The predicted molar refractivity (Wildman–Crippen MR) is 71.9 cm³/mol. The number of aromatic nitrogens is 2. The van der Waals surface area contributed by atoms with Crippen molar-refractivity contribution in [3.05, 3.63) is 41.6 Å². The van der Waals surface area contributed by atoms with E-state index in [1.165, 1.54) is 0 Å². The van der Waals surface area contributed by atoms with Gasteiger partial charge >= 0.3 is 0 Å². The SMILES string of the molecule is CCNC(C)c1ccccc1Oc1cc(C)[nH]n1. The number of hydrogen-bond donors (Lipinski definition) is 2. The number of aryl methyl sites for hydroxylation is 1. The molecule has 0 saturated carbocycles. The van der Waals surface area contributed by atoms with Crippen molar-refractivity contribution in [3.8, 4) is 11.6 Å². The summed E-state index contributed by atoms with van der Waals surface area (Å²) in [6.07, 6.45) is 0. The molecular formula is C14H19N3O. The van der Waals surface area contributed by atoms with Gasteiger partial charge < -0.3 is 10.1 Å². The Bertz CT molecular complexity index is 507.